The minimum absolute atomic E-state index is 0.0512. The fourth-order valence-corrected chi connectivity index (χ4v) is 3.69. The quantitative estimate of drug-likeness (QED) is 0.566. The van der Waals surface area contributed by atoms with Gasteiger partial charge in [0.25, 0.3) is 0 Å². The zero-order valence-electron chi connectivity index (χ0n) is 17.2. The molecule has 0 aliphatic heterocycles. The smallest absolute Gasteiger partial charge is 0.164 e. The van der Waals surface area contributed by atoms with E-state index in [1.165, 1.54) is 0 Å². The SMILES string of the molecule is COc1cc(OC)c(C(CC(O)Cc2ccccc2)c2ccccc2)cc1OC. The van der Waals surface area contributed by atoms with Crippen LogP contribution in [0.15, 0.2) is 72.8 Å². The van der Waals surface area contributed by atoms with E-state index in [1.807, 2.05) is 60.7 Å². The predicted molar refractivity (Wildman–Crippen MR) is 115 cm³/mol. The minimum Gasteiger partial charge on any atom is -0.496 e. The lowest BCUT2D eigenvalue weighted by Crippen LogP contribution is -2.17. The lowest BCUT2D eigenvalue weighted by Gasteiger charge is -2.24. The van der Waals surface area contributed by atoms with Gasteiger partial charge in [-0.15, -0.1) is 0 Å². The first-order valence-corrected chi connectivity index (χ1v) is 9.73. The third-order valence-corrected chi connectivity index (χ3v) is 5.14. The molecule has 3 aromatic rings. The van der Waals surface area contributed by atoms with Crippen molar-refractivity contribution in [1.82, 2.24) is 0 Å². The van der Waals surface area contributed by atoms with Crippen molar-refractivity contribution in [1.29, 1.82) is 0 Å². The van der Waals surface area contributed by atoms with Gasteiger partial charge in [0, 0.05) is 17.5 Å². The summed E-state index contributed by atoms with van der Waals surface area (Å²) in [7, 11) is 4.87. The molecule has 0 aliphatic carbocycles. The molecule has 3 rings (SSSR count). The normalized spacial score (nSPS) is 12.8. The van der Waals surface area contributed by atoms with Crippen LogP contribution in [-0.2, 0) is 6.42 Å². The fourth-order valence-electron chi connectivity index (χ4n) is 3.69. The van der Waals surface area contributed by atoms with Crippen LogP contribution in [0.4, 0.5) is 0 Å². The standard InChI is InChI=1S/C25H28O4/c1-27-23-17-25(29-3)24(28-2)16-22(23)21(19-12-8-5-9-13-19)15-20(26)14-18-10-6-4-7-11-18/h4-13,16-17,20-21,26H,14-15H2,1-3H3. The number of hydrogen-bond acceptors (Lipinski definition) is 4. The van der Waals surface area contributed by atoms with Crippen LogP contribution in [0.2, 0.25) is 0 Å². The van der Waals surface area contributed by atoms with Crippen molar-refractivity contribution in [2.75, 3.05) is 21.3 Å². The average molecular weight is 392 g/mol. The maximum atomic E-state index is 10.9. The van der Waals surface area contributed by atoms with Gasteiger partial charge in [0.15, 0.2) is 11.5 Å². The summed E-state index contributed by atoms with van der Waals surface area (Å²) in [5, 5.41) is 10.9. The van der Waals surface area contributed by atoms with Crippen LogP contribution in [0.5, 0.6) is 17.2 Å². The predicted octanol–water partition coefficient (Wildman–Crippen LogP) is 4.84. The van der Waals surface area contributed by atoms with Crippen LogP contribution in [0.3, 0.4) is 0 Å². The summed E-state index contributed by atoms with van der Waals surface area (Å²) in [5.41, 5.74) is 3.19. The largest absolute Gasteiger partial charge is 0.496 e. The number of aliphatic hydroxyl groups is 1. The number of methoxy groups -OCH3 is 3. The summed E-state index contributed by atoms with van der Waals surface area (Å²) < 4.78 is 16.6. The first kappa shape index (κ1) is 20.7. The Morgan fingerprint density at radius 3 is 1.86 bits per heavy atom. The Balaban J connectivity index is 1.98. The maximum Gasteiger partial charge on any atom is 0.164 e. The van der Waals surface area contributed by atoms with Crippen molar-refractivity contribution in [2.24, 2.45) is 0 Å². The van der Waals surface area contributed by atoms with Crippen molar-refractivity contribution in [3.63, 3.8) is 0 Å². The third-order valence-electron chi connectivity index (χ3n) is 5.14. The van der Waals surface area contributed by atoms with Crippen molar-refractivity contribution in [3.8, 4) is 17.2 Å². The highest BCUT2D eigenvalue weighted by atomic mass is 16.5. The molecule has 152 valence electrons. The van der Waals surface area contributed by atoms with Crippen molar-refractivity contribution < 1.29 is 19.3 Å². The Labute approximate surface area is 172 Å². The zero-order chi connectivity index (χ0) is 20.6. The molecular formula is C25H28O4. The number of hydrogen-bond donors (Lipinski definition) is 1. The number of ether oxygens (including phenoxy) is 3. The Bertz CT molecular complexity index is 893. The molecule has 1 N–H and O–H groups in total. The monoisotopic (exact) mass is 392 g/mol. The second-order valence-electron chi connectivity index (χ2n) is 6.99. The lowest BCUT2D eigenvalue weighted by molar-refractivity contribution is 0.159. The summed E-state index contributed by atoms with van der Waals surface area (Å²) in [5.74, 6) is 1.92. The van der Waals surface area contributed by atoms with Gasteiger partial charge in [-0.1, -0.05) is 60.7 Å². The molecule has 4 heteroatoms. The van der Waals surface area contributed by atoms with Gasteiger partial charge >= 0.3 is 0 Å². The molecule has 0 fully saturated rings. The summed E-state index contributed by atoms with van der Waals surface area (Å²) in [6.45, 7) is 0. The highest BCUT2D eigenvalue weighted by Crippen LogP contribution is 2.42. The minimum atomic E-state index is -0.500. The Hall–Kier alpha value is -2.98. The first-order valence-electron chi connectivity index (χ1n) is 9.73. The molecule has 0 radical (unpaired) electrons. The van der Waals surface area contributed by atoms with E-state index in [9.17, 15) is 5.11 Å². The molecule has 0 aromatic heterocycles. The second kappa shape index (κ2) is 9.99. The van der Waals surface area contributed by atoms with Crippen LogP contribution in [0.1, 0.15) is 29.0 Å². The van der Waals surface area contributed by atoms with Crippen LogP contribution in [-0.4, -0.2) is 32.5 Å². The zero-order valence-corrected chi connectivity index (χ0v) is 17.2. The molecule has 0 bridgehead atoms. The van der Waals surface area contributed by atoms with E-state index in [-0.39, 0.29) is 5.92 Å². The van der Waals surface area contributed by atoms with Gasteiger partial charge in [-0.05, 0) is 30.0 Å². The molecule has 4 nitrogen and oxygen atoms in total. The maximum absolute atomic E-state index is 10.9. The van der Waals surface area contributed by atoms with E-state index in [1.54, 1.807) is 21.3 Å². The Morgan fingerprint density at radius 1 is 0.724 bits per heavy atom. The van der Waals surface area contributed by atoms with E-state index in [0.29, 0.717) is 30.1 Å². The van der Waals surface area contributed by atoms with Crippen molar-refractivity contribution in [2.45, 2.75) is 24.9 Å². The molecule has 0 amide bonds. The van der Waals surface area contributed by atoms with E-state index in [2.05, 4.69) is 12.1 Å². The van der Waals surface area contributed by atoms with Gasteiger partial charge in [0.2, 0.25) is 0 Å². The Kier molecular flexibility index (Phi) is 7.14. The number of benzene rings is 3. The van der Waals surface area contributed by atoms with Gasteiger partial charge in [-0.2, -0.15) is 0 Å². The molecule has 0 heterocycles. The van der Waals surface area contributed by atoms with E-state index >= 15 is 0 Å². The molecule has 0 saturated carbocycles. The number of aliphatic hydroxyl groups excluding tert-OH is 1. The summed E-state index contributed by atoms with van der Waals surface area (Å²) >= 11 is 0. The molecule has 29 heavy (non-hydrogen) atoms. The van der Waals surface area contributed by atoms with Crippen molar-refractivity contribution in [3.05, 3.63) is 89.5 Å². The molecule has 3 aromatic carbocycles. The van der Waals surface area contributed by atoms with Crippen LogP contribution in [0, 0.1) is 0 Å². The average Bonchev–Trinajstić information content (AvgIpc) is 2.77. The lowest BCUT2D eigenvalue weighted by atomic mass is 9.84. The highest BCUT2D eigenvalue weighted by molar-refractivity contribution is 5.54. The van der Waals surface area contributed by atoms with E-state index < -0.39 is 6.10 Å². The van der Waals surface area contributed by atoms with Crippen LogP contribution < -0.4 is 14.2 Å². The van der Waals surface area contributed by atoms with Crippen molar-refractivity contribution >= 4 is 0 Å². The van der Waals surface area contributed by atoms with Gasteiger partial charge in [0.1, 0.15) is 5.75 Å². The van der Waals surface area contributed by atoms with Crippen LogP contribution in [0.25, 0.3) is 0 Å². The summed E-state index contributed by atoms with van der Waals surface area (Å²) in [6, 6.07) is 24.0. The number of rotatable bonds is 9. The molecule has 0 spiro atoms. The topological polar surface area (TPSA) is 47.9 Å². The molecule has 2 unspecified atom stereocenters. The van der Waals surface area contributed by atoms with E-state index in [0.717, 1.165) is 16.7 Å². The second-order valence-corrected chi connectivity index (χ2v) is 6.99. The molecule has 0 aliphatic rings. The van der Waals surface area contributed by atoms with E-state index in [4.69, 9.17) is 14.2 Å². The van der Waals surface area contributed by atoms with Gasteiger partial charge < -0.3 is 19.3 Å². The molecular weight excluding hydrogens is 364 g/mol. The van der Waals surface area contributed by atoms with Crippen LogP contribution >= 0.6 is 0 Å². The third kappa shape index (κ3) is 5.09. The first-order chi connectivity index (χ1) is 14.2. The molecule has 2 atom stereocenters. The van der Waals surface area contributed by atoms with Gasteiger partial charge in [0.05, 0.1) is 27.4 Å². The fraction of sp³-hybridized carbons (Fsp3) is 0.280. The summed E-state index contributed by atoms with van der Waals surface area (Å²) in [6.07, 6.45) is 0.658. The van der Waals surface area contributed by atoms with Gasteiger partial charge in [-0.25, -0.2) is 0 Å². The summed E-state index contributed by atoms with van der Waals surface area (Å²) in [4.78, 5) is 0. The van der Waals surface area contributed by atoms with Gasteiger partial charge in [-0.3, -0.25) is 0 Å². The Morgan fingerprint density at radius 2 is 1.28 bits per heavy atom. The molecule has 0 saturated heterocycles. The highest BCUT2D eigenvalue weighted by Gasteiger charge is 2.24.